The van der Waals surface area contributed by atoms with Gasteiger partial charge in [0.1, 0.15) is 5.83 Å². The van der Waals surface area contributed by atoms with Crippen LogP contribution in [0.2, 0.25) is 0 Å². The van der Waals surface area contributed by atoms with Gasteiger partial charge in [-0.3, -0.25) is 4.79 Å². The molecule has 0 aliphatic heterocycles. The number of aromatic carboxylic acids is 1. The van der Waals surface area contributed by atoms with Gasteiger partial charge >= 0.3 is 5.97 Å². The molecule has 1 heterocycles. The van der Waals surface area contributed by atoms with Crippen LogP contribution in [0.15, 0.2) is 54.4 Å². The van der Waals surface area contributed by atoms with Crippen molar-refractivity contribution in [2.24, 2.45) is 5.73 Å². The number of carboxylic acids is 1. The molecule has 0 saturated heterocycles. The van der Waals surface area contributed by atoms with Gasteiger partial charge < -0.3 is 20.3 Å². The first-order chi connectivity index (χ1) is 14.2. The largest absolute Gasteiger partial charge is 0.478 e. The highest BCUT2D eigenvalue weighted by Crippen LogP contribution is 2.36. The molecule has 0 unspecified atom stereocenters. The number of nitrogens with zero attached hydrogens (tertiary/aromatic N) is 2. The number of carbonyl (C=O) groups excluding carboxylic acids is 1. The second-order valence-corrected chi connectivity index (χ2v) is 7.25. The van der Waals surface area contributed by atoms with Crippen LogP contribution in [0.25, 0.3) is 22.0 Å². The van der Waals surface area contributed by atoms with Crippen LogP contribution >= 0.6 is 12.4 Å². The van der Waals surface area contributed by atoms with Gasteiger partial charge in [0, 0.05) is 48.4 Å². The summed E-state index contributed by atoms with van der Waals surface area (Å²) in [6.07, 6.45) is 1.31. The van der Waals surface area contributed by atoms with E-state index in [1.165, 1.54) is 17.0 Å². The van der Waals surface area contributed by atoms with Gasteiger partial charge in [-0.05, 0) is 48.9 Å². The molecule has 0 atom stereocenters. The third-order valence-electron chi connectivity index (χ3n) is 5.02. The van der Waals surface area contributed by atoms with E-state index < -0.39 is 5.97 Å². The number of rotatable bonds is 6. The van der Waals surface area contributed by atoms with Crippen LogP contribution < -0.4 is 5.73 Å². The van der Waals surface area contributed by atoms with E-state index in [0.717, 1.165) is 16.8 Å². The minimum Gasteiger partial charge on any atom is -0.478 e. The number of carboxylic acid groups (broad SMARTS) is 1. The van der Waals surface area contributed by atoms with Gasteiger partial charge in [-0.15, -0.1) is 12.4 Å². The predicted molar refractivity (Wildman–Crippen MR) is 123 cm³/mol. The van der Waals surface area contributed by atoms with E-state index in [2.05, 4.69) is 0 Å². The Morgan fingerprint density at radius 3 is 2.48 bits per heavy atom. The van der Waals surface area contributed by atoms with Crippen molar-refractivity contribution in [3.8, 4) is 11.1 Å². The highest BCUT2D eigenvalue weighted by Gasteiger charge is 2.19. The minimum atomic E-state index is -1.04. The van der Waals surface area contributed by atoms with E-state index in [-0.39, 0.29) is 42.8 Å². The van der Waals surface area contributed by atoms with Gasteiger partial charge in [0.25, 0.3) is 5.91 Å². The molecule has 0 fully saturated rings. The first-order valence-corrected chi connectivity index (χ1v) is 9.47. The number of carbonyl (C=O) groups is 2. The summed E-state index contributed by atoms with van der Waals surface area (Å²) in [7, 11) is 3.36. The molecule has 0 aliphatic rings. The Hall–Kier alpha value is -3.16. The average molecular weight is 446 g/mol. The lowest BCUT2D eigenvalue weighted by Gasteiger charge is -2.12. The fourth-order valence-corrected chi connectivity index (χ4v) is 3.59. The predicted octanol–water partition coefficient (Wildman–Crippen LogP) is 4.25. The fraction of sp³-hybridized carbons (Fsp3) is 0.217. The highest BCUT2D eigenvalue weighted by molar-refractivity contribution is 6.03. The maximum Gasteiger partial charge on any atom is 0.335 e. The Balaban J connectivity index is 0.00000341. The van der Waals surface area contributed by atoms with Crippen LogP contribution in [0, 0.1) is 6.92 Å². The van der Waals surface area contributed by atoms with E-state index in [1.54, 1.807) is 49.0 Å². The van der Waals surface area contributed by atoms with E-state index in [1.807, 2.05) is 13.0 Å². The number of hydrogen-bond donors (Lipinski definition) is 2. The Bertz CT molecular complexity index is 1170. The second-order valence-electron chi connectivity index (χ2n) is 7.25. The standard InChI is InChI=1S/C23H24FN3O3.ClH/c1-14-21(15-5-4-6-16(11-15)22(28)26(2)3)19-12-17(23(29)30)7-8-20(19)27(14)13-18(24)9-10-25;/h4-9,11-12H,10,13,25H2,1-3H3,(H,29,30);1H. The lowest BCUT2D eigenvalue weighted by Crippen LogP contribution is -2.21. The van der Waals surface area contributed by atoms with Crippen LogP contribution in [-0.4, -0.2) is 47.1 Å². The number of aromatic nitrogens is 1. The quantitative estimate of drug-likeness (QED) is 0.593. The maximum atomic E-state index is 14.3. The highest BCUT2D eigenvalue weighted by atomic mass is 35.5. The molecule has 31 heavy (non-hydrogen) atoms. The fourth-order valence-electron chi connectivity index (χ4n) is 3.59. The van der Waals surface area contributed by atoms with Crippen molar-refractivity contribution >= 4 is 35.2 Å². The van der Waals surface area contributed by atoms with Gasteiger partial charge in [0.05, 0.1) is 12.1 Å². The number of hydrogen-bond acceptors (Lipinski definition) is 3. The number of allylic oxidation sites excluding steroid dienone is 1. The van der Waals surface area contributed by atoms with E-state index in [0.29, 0.717) is 16.5 Å². The third-order valence-corrected chi connectivity index (χ3v) is 5.02. The van der Waals surface area contributed by atoms with Crippen molar-refractivity contribution in [2.45, 2.75) is 13.5 Å². The zero-order valence-corrected chi connectivity index (χ0v) is 18.4. The smallest absolute Gasteiger partial charge is 0.335 e. The molecule has 0 saturated carbocycles. The van der Waals surface area contributed by atoms with Crippen molar-refractivity contribution in [1.29, 1.82) is 0 Å². The summed E-state index contributed by atoms with van der Waals surface area (Å²) in [5.74, 6) is -1.55. The van der Waals surface area contributed by atoms with Crippen molar-refractivity contribution in [3.63, 3.8) is 0 Å². The van der Waals surface area contributed by atoms with Crippen molar-refractivity contribution in [1.82, 2.24) is 9.47 Å². The average Bonchev–Trinajstić information content (AvgIpc) is 2.98. The molecule has 1 aromatic heterocycles. The molecular weight excluding hydrogens is 421 g/mol. The van der Waals surface area contributed by atoms with Crippen LogP contribution in [-0.2, 0) is 6.54 Å². The molecule has 0 spiro atoms. The number of benzene rings is 2. The molecule has 0 aliphatic carbocycles. The van der Waals surface area contributed by atoms with Gasteiger partial charge in [0.2, 0.25) is 0 Å². The molecule has 2 aromatic carbocycles. The van der Waals surface area contributed by atoms with Crippen molar-refractivity contribution in [3.05, 3.63) is 71.2 Å². The Morgan fingerprint density at radius 1 is 1.16 bits per heavy atom. The first kappa shape index (κ1) is 24.1. The normalized spacial score (nSPS) is 11.3. The van der Waals surface area contributed by atoms with Crippen LogP contribution in [0.3, 0.4) is 0 Å². The minimum absolute atomic E-state index is 0. The molecule has 3 aromatic rings. The van der Waals surface area contributed by atoms with Crippen LogP contribution in [0.5, 0.6) is 0 Å². The monoisotopic (exact) mass is 445 g/mol. The van der Waals surface area contributed by atoms with E-state index >= 15 is 0 Å². The Labute approximate surface area is 186 Å². The number of fused-ring (bicyclic) bond motifs is 1. The van der Waals surface area contributed by atoms with Gasteiger partial charge in [-0.2, -0.15) is 0 Å². The Kier molecular flexibility index (Phi) is 7.60. The molecule has 1 amide bonds. The molecule has 3 N–H and O–H groups in total. The molecule has 0 radical (unpaired) electrons. The molecule has 0 bridgehead atoms. The molecular formula is C23H25ClFN3O3. The summed E-state index contributed by atoms with van der Waals surface area (Å²) in [6, 6.07) is 11.9. The first-order valence-electron chi connectivity index (χ1n) is 9.47. The lowest BCUT2D eigenvalue weighted by molar-refractivity contribution is 0.0696. The zero-order valence-electron chi connectivity index (χ0n) is 17.6. The van der Waals surface area contributed by atoms with Gasteiger partial charge in [-0.25, -0.2) is 9.18 Å². The van der Waals surface area contributed by atoms with Crippen LogP contribution in [0.1, 0.15) is 26.4 Å². The number of halogens is 2. The van der Waals surface area contributed by atoms with Crippen molar-refractivity contribution in [2.75, 3.05) is 20.6 Å². The summed E-state index contributed by atoms with van der Waals surface area (Å²) in [6.45, 7) is 1.93. The van der Waals surface area contributed by atoms with Gasteiger partial charge in [-0.1, -0.05) is 12.1 Å². The summed E-state index contributed by atoms with van der Waals surface area (Å²) in [5.41, 5.74) is 9.08. The SMILES string of the molecule is Cc1c(-c2cccc(C(=O)N(C)C)c2)c2cc(C(=O)O)ccc2n1CC(F)=CCN.Cl. The van der Waals surface area contributed by atoms with E-state index in [4.69, 9.17) is 5.73 Å². The summed E-state index contributed by atoms with van der Waals surface area (Å²) < 4.78 is 16.1. The second kappa shape index (κ2) is 9.76. The topological polar surface area (TPSA) is 88.6 Å². The summed E-state index contributed by atoms with van der Waals surface area (Å²) in [5, 5.41) is 10.1. The Morgan fingerprint density at radius 2 is 1.87 bits per heavy atom. The zero-order chi connectivity index (χ0) is 22.0. The summed E-state index contributed by atoms with van der Waals surface area (Å²) >= 11 is 0. The molecule has 164 valence electrons. The molecule has 6 nitrogen and oxygen atoms in total. The number of amides is 1. The van der Waals surface area contributed by atoms with Crippen molar-refractivity contribution < 1.29 is 19.1 Å². The summed E-state index contributed by atoms with van der Waals surface area (Å²) in [4.78, 5) is 25.4. The number of nitrogens with two attached hydrogens (primary N) is 1. The molecule has 8 heteroatoms. The van der Waals surface area contributed by atoms with Crippen LogP contribution in [0.4, 0.5) is 4.39 Å². The lowest BCUT2D eigenvalue weighted by atomic mass is 9.99. The third kappa shape index (κ3) is 4.78. The van der Waals surface area contributed by atoms with E-state index in [9.17, 15) is 19.1 Å². The maximum absolute atomic E-state index is 14.3. The molecule has 3 rings (SSSR count). The van der Waals surface area contributed by atoms with Gasteiger partial charge in [0.15, 0.2) is 0 Å².